The van der Waals surface area contributed by atoms with E-state index in [1.165, 1.54) is 6.20 Å². The van der Waals surface area contributed by atoms with E-state index in [-0.39, 0.29) is 9.79 Å². The Balaban J connectivity index is 1.94. The summed E-state index contributed by atoms with van der Waals surface area (Å²) in [5, 5.41) is 0.826. The van der Waals surface area contributed by atoms with E-state index in [1.54, 1.807) is 24.3 Å². The van der Waals surface area contributed by atoms with Gasteiger partial charge in [0.05, 0.1) is 16.1 Å². The Bertz CT molecular complexity index is 1260. The molecule has 0 amide bonds. The van der Waals surface area contributed by atoms with Crippen molar-refractivity contribution in [3.63, 3.8) is 0 Å². The maximum atomic E-state index is 13.5. The first-order valence-electron chi connectivity index (χ1n) is 9.11. The molecule has 0 unspecified atom stereocenters. The molecule has 0 atom stereocenters. The van der Waals surface area contributed by atoms with Gasteiger partial charge in [0.1, 0.15) is 4.90 Å². The Labute approximate surface area is 184 Å². The molecule has 0 aliphatic carbocycles. The summed E-state index contributed by atoms with van der Waals surface area (Å²) >= 11 is 2.24. The Morgan fingerprint density at radius 2 is 1.55 bits per heavy atom. The number of hydrogen-bond donors (Lipinski definition) is 0. The first kappa shape index (κ1) is 19.8. The van der Waals surface area contributed by atoms with Crippen LogP contribution in [0.4, 0.5) is 5.69 Å². The third-order valence-electron chi connectivity index (χ3n) is 4.77. The molecule has 0 radical (unpaired) electrons. The molecular weight excluding hydrogens is 495 g/mol. The van der Waals surface area contributed by atoms with Gasteiger partial charge in [-0.2, -0.15) is 0 Å². The highest BCUT2D eigenvalue weighted by atomic mass is 127. The van der Waals surface area contributed by atoms with Crippen molar-refractivity contribution in [1.82, 2.24) is 4.98 Å². The van der Waals surface area contributed by atoms with Crippen LogP contribution >= 0.6 is 22.6 Å². The van der Waals surface area contributed by atoms with Crippen molar-refractivity contribution in [3.05, 3.63) is 94.2 Å². The molecule has 0 fully saturated rings. The molecule has 1 heterocycles. The third kappa shape index (κ3) is 3.86. The molecule has 0 bridgehead atoms. The lowest BCUT2D eigenvalue weighted by atomic mass is 10.1. The standard InChI is InChI=1S/C23H19IN2O2S/c1-26(16-17-9-4-2-5-10-17)23-19-13-8-14-20(24)22(19)25-15-21(23)29(27,28)18-11-6-3-7-12-18/h2-15H,16H2,1H3. The lowest BCUT2D eigenvalue weighted by molar-refractivity contribution is 0.595. The molecule has 4 aromatic rings. The summed E-state index contributed by atoms with van der Waals surface area (Å²) in [4.78, 5) is 6.98. The number of benzene rings is 3. The predicted molar refractivity (Wildman–Crippen MR) is 125 cm³/mol. The van der Waals surface area contributed by atoms with Gasteiger partial charge in [-0.15, -0.1) is 0 Å². The smallest absolute Gasteiger partial charge is 0.210 e. The Morgan fingerprint density at radius 3 is 2.24 bits per heavy atom. The van der Waals surface area contributed by atoms with E-state index in [2.05, 4.69) is 27.6 Å². The summed E-state index contributed by atoms with van der Waals surface area (Å²) in [5.41, 5.74) is 2.57. The maximum absolute atomic E-state index is 13.5. The van der Waals surface area contributed by atoms with E-state index < -0.39 is 9.84 Å². The van der Waals surface area contributed by atoms with Crippen LogP contribution in [0.1, 0.15) is 5.56 Å². The molecule has 0 saturated heterocycles. The predicted octanol–water partition coefficient (Wildman–Crippen LogP) is 5.31. The van der Waals surface area contributed by atoms with Crippen LogP contribution in [0.5, 0.6) is 0 Å². The fourth-order valence-electron chi connectivity index (χ4n) is 3.41. The lowest BCUT2D eigenvalue weighted by Gasteiger charge is -2.24. The maximum Gasteiger partial charge on any atom is 0.210 e. The molecule has 3 aromatic carbocycles. The molecule has 29 heavy (non-hydrogen) atoms. The zero-order valence-electron chi connectivity index (χ0n) is 15.8. The summed E-state index contributed by atoms with van der Waals surface area (Å²) in [6.45, 7) is 0.586. The second kappa shape index (κ2) is 8.12. The molecule has 0 aliphatic rings. The number of hydrogen-bond acceptors (Lipinski definition) is 4. The first-order valence-corrected chi connectivity index (χ1v) is 11.7. The fourth-order valence-corrected chi connectivity index (χ4v) is 5.53. The lowest BCUT2D eigenvalue weighted by Crippen LogP contribution is -2.20. The van der Waals surface area contributed by atoms with Gasteiger partial charge in [-0.25, -0.2) is 8.42 Å². The number of pyridine rings is 1. The Morgan fingerprint density at radius 1 is 0.897 bits per heavy atom. The molecule has 0 spiro atoms. The van der Waals surface area contributed by atoms with Gasteiger partial charge in [0.15, 0.2) is 0 Å². The van der Waals surface area contributed by atoms with Crippen molar-refractivity contribution in [2.75, 3.05) is 11.9 Å². The highest BCUT2D eigenvalue weighted by Crippen LogP contribution is 2.37. The minimum Gasteiger partial charge on any atom is -0.369 e. The van der Waals surface area contributed by atoms with E-state index in [0.29, 0.717) is 12.2 Å². The zero-order chi connectivity index (χ0) is 20.4. The van der Waals surface area contributed by atoms with Crippen LogP contribution < -0.4 is 4.90 Å². The summed E-state index contributed by atoms with van der Waals surface area (Å²) in [7, 11) is -1.80. The number of halogens is 1. The number of aromatic nitrogens is 1. The topological polar surface area (TPSA) is 50.3 Å². The van der Waals surface area contributed by atoms with Crippen molar-refractivity contribution in [2.45, 2.75) is 16.3 Å². The third-order valence-corrected chi connectivity index (χ3v) is 7.41. The average Bonchev–Trinajstić information content (AvgIpc) is 2.74. The fraction of sp³-hybridized carbons (Fsp3) is 0.0870. The summed E-state index contributed by atoms with van der Waals surface area (Å²) in [6, 6.07) is 24.4. The van der Waals surface area contributed by atoms with Crippen molar-refractivity contribution < 1.29 is 8.42 Å². The normalized spacial score (nSPS) is 11.5. The van der Waals surface area contributed by atoms with E-state index in [1.807, 2.05) is 66.5 Å². The minimum absolute atomic E-state index is 0.219. The van der Waals surface area contributed by atoms with Crippen LogP contribution in [0.25, 0.3) is 10.9 Å². The van der Waals surface area contributed by atoms with Gasteiger partial charge in [-0.1, -0.05) is 60.7 Å². The summed E-state index contributed by atoms with van der Waals surface area (Å²) < 4.78 is 27.9. The number of para-hydroxylation sites is 1. The van der Waals surface area contributed by atoms with E-state index >= 15 is 0 Å². The molecule has 6 heteroatoms. The largest absolute Gasteiger partial charge is 0.369 e. The quantitative estimate of drug-likeness (QED) is 0.339. The molecule has 4 nitrogen and oxygen atoms in total. The van der Waals surface area contributed by atoms with Crippen LogP contribution in [0.3, 0.4) is 0 Å². The Hall–Kier alpha value is -2.45. The Kier molecular flexibility index (Phi) is 5.56. The van der Waals surface area contributed by atoms with Crippen LogP contribution in [0, 0.1) is 3.57 Å². The SMILES string of the molecule is CN(Cc1ccccc1)c1c(S(=O)(=O)c2ccccc2)cnc2c(I)cccc12. The van der Waals surface area contributed by atoms with Crippen LogP contribution in [-0.2, 0) is 16.4 Å². The van der Waals surface area contributed by atoms with Gasteiger partial charge in [-0.3, -0.25) is 4.98 Å². The molecule has 0 saturated carbocycles. The zero-order valence-corrected chi connectivity index (χ0v) is 18.8. The van der Waals surface area contributed by atoms with Gasteiger partial charge in [0.2, 0.25) is 9.84 Å². The highest BCUT2D eigenvalue weighted by Gasteiger charge is 2.26. The average molecular weight is 514 g/mol. The summed E-state index contributed by atoms with van der Waals surface area (Å²) in [5.74, 6) is 0. The van der Waals surface area contributed by atoms with Crippen molar-refractivity contribution >= 4 is 49.0 Å². The van der Waals surface area contributed by atoms with Crippen molar-refractivity contribution in [3.8, 4) is 0 Å². The van der Waals surface area contributed by atoms with Gasteiger partial charge in [-0.05, 0) is 46.4 Å². The van der Waals surface area contributed by atoms with E-state index in [4.69, 9.17) is 0 Å². The molecule has 1 aromatic heterocycles. The van der Waals surface area contributed by atoms with E-state index in [0.717, 1.165) is 20.0 Å². The van der Waals surface area contributed by atoms with Crippen LogP contribution in [0.2, 0.25) is 0 Å². The number of nitrogens with zero attached hydrogens (tertiary/aromatic N) is 2. The monoisotopic (exact) mass is 514 g/mol. The number of fused-ring (bicyclic) bond motifs is 1. The number of rotatable bonds is 5. The van der Waals surface area contributed by atoms with Crippen LogP contribution in [0.15, 0.2) is 94.9 Å². The van der Waals surface area contributed by atoms with Gasteiger partial charge >= 0.3 is 0 Å². The van der Waals surface area contributed by atoms with Crippen LogP contribution in [-0.4, -0.2) is 20.4 Å². The first-order chi connectivity index (χ1) is 14.0. The van der Waals surface area contributed by atoms with Crippen molar-refractivity contribution in [2.24, 2.45) is 0 Å². The molecule has 0 aliphatic heterocycles. The number of anilines is 1. The second-order valence-corrected chi connectivity index (χ2v) is 9.85. The molecule has 4 rings (SSSR count). The minimum atomic E-state index is -3.72. The molecule has 146 valence electrons. The van der Waals surface area contributed by atoms with Gasteiger partial charge in [0, 0.05) is 28.7 Å². The van der Waals surface area contributed by atoms with E-state index in [9.17, 15) is 8.42 Å². The highest BCUT2D eigenvalue weighted by molar-refractivity contribution is 14.1. The molecule has 0 N–H and O–H groups in total. The summed E-state index contributed by atoms with van der Waals surface area (Å²) in [6.07, 6.45) is 1.49. The van der Waals surface area contributed by atoms with Gasteiger partial charge < -0.3 is 4.90 Å². The number of sulfone groups is 1. The van der Waals surface area contributed by atoms with Crippen molar-refractivity contribution in [1.29, 1.82) is 0 Å². The molecular formula is C23H19IN2O2S. The second-order valence-electron chi connectivity index (χ2n) is 6.77. The van der Waals surface area contributed by atoms with Gasteiger partial charge in [0.25, 0.3) is 0 Å².